The Kier molecular flexibility index (Phi) is 4.10. The van der Waals surface area contributed by atoms with Gasteiger partial charge in [-0.15, -0.1) is 0 Å². The van der Waals surface area contributed by atoms with E-state index in [0.717, 1.165) is 5.56 Å². The number of hydrogen-bond donors (Lipinski definition) is 3. The minimum atomic E-state index is -0.802. The SMILES string of the molecule is OCC(O)C/N=C/c1ccc(O)cc1. The van der Waals surface area contributed by atoms with E-state index >= 15 is 0 Å². The maximum absolute atomic E-state index is 8.99. The van der Waals surface area contributed by atoms with Crippen LogP contribution in [0.2, 0.25) is 0 Å². The number of aromatic hydroxyl groups is 1. The first-order valence-corrected chi connectivity index (χ1v) is 4.30. The van der Waals surface area contributed by atoms with Gasteiger partial charge in [-0.05, 0) is 29.8 Å². The van der Waals surface area contributed by atoms with Crippen LogP contribution in [0.1, 0.15) is 5.56 Å². The average molecular weight is 195 g/mol. The van der Waals surface area contributed by atoms with Crippen molar-refractivity contribution in [3.8, 4) is 5.75 Å². The molecule has 1 unspecified atom stereocenters. The first-order chi connectivity index (χ1) is 6.72. The molecule has 0 fully saturated rings. The Bertz CT molecular complexity index is 295. The highest BCUT2D eigenvalue weighted by atomic mass is 16.3. The molecule has 1 rings (SSSR count). The maximum Gasteiger partial charge on any atom is 0.115 e. The number of benzene rings is 1. The van der Waals surface area contributed by atoms with E-state index in [2.05, 4.69) is 4.99 Å². The molecule has 0 radical (unpaired) electrons. The third-order valence-corrected chi connectivity index (χ3v) is 1.66. The van der Waals surface area contributed by atoms with E-state index in [0.29, 0.717) is 0 Å². The lowest BCUT2D eigenvalue weighted by Gasteiger charge is -2.00. The van der Waals surface area contributed by atoms with Crippen LogP contribution in [0.3, 0.4) is 0 Å². The van der Waals surface area contributed by atoms with Crippen molar-refractivity contribution in [1.29, 1.82) is 0 Å². The number of phenolic OH excluding ortho intramolecular Hbond substituents is 1. The zero-order chi connectivity index (χ0) is 10.4. The number of phenols is 1. The standard InChI is InChI=1S/C10H13NO3/c12-7-10(14)6-11-5-8-1-3-9(13)4-2-8/h1-5,10,12-14H,6-7H2/b11-5+. The molecule has 4 heteroatoms. The van der Waals surface area contributed by atoms with Gasteiger partial charge >= 0.3 is 0 Å². The molecule has 0 saturated heterocycles. The predicted octanol–water partition coefficient (Wildman–Crippen LogP) is 0.164. The molecule has 0 aliphatic rings. The fraction of sp³-hybridized carbons (Fsp3) is 0.300. The summed E-state index contributed by atoms with van der Waals surface area (Å²) in [5.41, 5.74) is 0.841. The highest BCUT2D eigenvalue weighted by Gasteiger charge is 1.97. The van der Waals surface area contributed by atoms with Crippen LogP contribution >= 0.6 is 0 Å². The van der Waals surface area contributed by atoms with Crippen molar-refractivity contribution in [3.05, 3.63) is 29.8 Å². The van der Waals surface area contributed by atoms with E-state index in [9.17, 15) is 0 Å². The van der Waals surface area contributed by atoms with Crippen LogP contribution in [0.25, 0.3) is 0 Å². The monoisotopic (exact) mass is 195 g/mol. The summed E-state index contributed by atoms with van der Waals surface area (Å²) in [5.74, 6) is 0.206. The molecule has 0 aliphatic carbocycles. The lowest BCUT2D eigenvalue weighted by Crippen LogP contribution is -2.15. The fourth-order valence-electron chi connectivity index (χ4n) is 0.898. The van der Waals surface area contributed by atoms with Gasteiger partial charge in [-0.25, -0.2) is 0 Å². The summed E-state index contributed by atoms with van der Waals surface area (Å²) >= 11 is 0. The minimum absolute atomic E-state index is 0.178. The topological polar surface area (TPSA) is 73.0 Å². The Morgan fingerprint density at radius 3 is 2.50 bits per heavy atom. The highest BCUT2D eigenvalue weighted by Crippen LogP contribution is 2.07. The molecule has 1 aromatic rings. The first kappa shape index (κ1) is 10.7. The largest absolute Gasteiger partial charge is 0.508 e. The summed E-state index contributed by atoms with van der Waals surface area (Å²) in [5, 5.41) is 26.5. The molecule has 76 valence electrons. The summed E-state index contributed by atoms with van der Waals surface area (Å²) in [7, 11) is 0. The molecular formula is C10H13NO3. The van der Waals surface area contributed by atoms with E-state index in [-0.39, 0.29) is 18.9 Å². The second kappa shape index (κ2) is 5.36. The molecular weight excluding hydrogens is 182 g/mol. The smallest absolute Gasteiger partial charge is 0.115 e. The summed E-state index contributed by atoms with van der Waals surface area (Å²) in [6.45, 7) is -0.107. The third kappa shape index (κ3) is 3.55. The normalized spacial score (nSPS) is 13.3. The van der Waals surface area contributed by atoms with E-state index in [1.807, 2.05) is 0 Å². The fourth-order valence-corrected chi connectivity index (χ4v) is 0.898. The number of aliphatic hydroxyl groups excluding tert-OH is 2. The van der Waals surface area contributed by atoms with Crippen LogP contribution in [-0.2, 0) is 0 Å². The predicted molar refractivity (Wildman–Crippen MR) is 53.7 cm³/mol. The summed E-state index contributed by atoms with van der Waals surface area (Å²) < 4.78 is 0. The van der Waals surface area contributed by atoms with Crippen molar-refractivity contribution in [2.24, 2.45) is 4.99 Å². The molecule has 0 aliphatic heterocycles. The van der Waals surface area contributed by atoms with Crippen molar-refractivity contribution < 1.29 is 15.3 Å². The zero-order valence-corrected chi connectivity index (χ0v) is 7.67. The maximum atomic E-state index is 8.99. The lowest BCUT2D eigenvalue weighted by atomic mass is 10.2. The summed E-state index contributed by atoms with van der Waals surface area (Å²) in [6.07, 6.45) is 0.779. The molecule has 0 saturated carbocycles. The molecule has 3 N–H and O–H groups in total. The molecule has 0 heterocycles. The van der Waals surface area contributed by atoms with Crippen LogP contribution < -0.4 is 0 Å². The zero-order valence-electron chi connectivity index (χ0n) is 7.67. The Morgan fingerprint density at radius 1 is 1.29 bits per heavy atom. The number of rotatable bonds is 4. The molecule has 0 amide bonds. The third-order valence-electron chi connectivity index (χ3n) is 1.66. The van der Waals surface area contributed by atoms with Crippen LogP contribution in [0, 0.1) is 0 Å². The molecule has 4 nitrogen and oxygen atoms in total. The van der Waals surface area contributed by atoms with Gasteiger partial charge in [0.15, 0.2) is 0 Å². The Morgan fingerprint density at radius 2 is 1.93 bits per heavy atom. The van der Waals surface area contributed by atoms with Crippen LogP contribution in [-0.4, -0.2) is 40.8 Å². The lowest BCUT2D eigenvalue weighted by molar-refractivity contribution is 0.102. The Labute approximate surface area is 82.2 Å². The molecule has 14 heavy (non-hydrogen) atoms. The number of nitrogens with zero attached hydrogens (tertiary/aromatic N) is 1. The van der Waals surface area contributed by atoms with Crippen molar-refractivity contribution >= 4 is 6.21 Å². The van der Waals surface area contributed by atoms with Gasteiger partial charge < -0.3 is 15.3 Å². The van der Waals surface area contributed by atoms with Crippen molar-refractivity contribution in [2.75, 3.05) is 13.2 Å². The van der Waals surface area contributed by atoms with Crippen molar-refractivity contribution in [3.63, 3.8) is 0 Å². The highest BCUT2D eigenvalue weighted by molar-refractivity contribution is 5.79. The Hall–Kier alpha value is -1.39. The second-order valence-corrected chi connectivity index (χ2v) is 2.92. The number of hydrogen-bond acceptors (Lipinski definition) is 4. The van der Waals surface area contributed by atoms with Gasteiger partial charge in [0.1, 0.15) is 5.75 Å². The van der Waals surface area contributed by atoms with Gasteiger partial charge in [0.2, 0.25) is 0 Å². The summed E-state index contributed by atoms with van der Waals surface area (Å²) in [6, 6.07) is 6.54. The van der Waals surface area contributed by atoms with Gasteiger partial charge in [0, 0.05) is 6.21 Å². The van der Waals surface area contributed by atoms with Crippen molar-refractivity contribution in [1.82, 2.24) is 0 Å². The number of aliphatic hydroxyl groups is 2. The molecule has 1 atom stereocenters. The van der Waals surface area contributed by atoms with Crippen molar-refractivity contribution in [2.45, 2.75) is 6.10 Å². The molecule has 1 aromatic carbocycles. The van der Waals surface area contributed by atoms with E-state index in [1.165, 1.54) is 0 Å². The first-order valence-electron chi connectivity index (χ1n) is 4.30. The number of aliphatic imine (C=N–C) groups is 1. The second-order valence-electron chi connectivity index (χ2n) is 2.92. The Balaban J connectivity index is 2.48. The quantitative estimate of drug-likeness (QED) is 0.599. The molecule has 0 aromatic heterocycles. The molecule has 0 spiro atoms. The van der Waals surface area contributed by atoms with Crippen LogP contribution in [0.15, 0.2) is 29.3 Å². The van der Waals surface area contributed by atoms with E-state index in [1.54, 1.807) is 30.5 Å². The molecule has 0 bridgehead atoms. The van der Waals surface area contributed by atoms with Gasteiger partial charge in [0.05, 0.1) is 19.3 Å². The van der Waals surface area contributed by atoms with Gasteiger partial charge in [0.25, 0.3) is 0 Å². The minimum Gasteiger partial charge on any atom is -0.508 e. The average Bonchev–Trinajstić information content (AvgIpc) is 2.21. The van der Waals surface area contributed by atoms with Gasteiger partial charge in [-0.1, -0.05) is 0 Å². The summed E-state index contributed by atoms with van der Waals surface area (Å²) in [4.78, 5) is 3.93. The van der Waals surface area contributed by atoms with Crippen LogP contribution in [0.5, 0.6) is 5.75 Å². The van der Waals surface area contributed by atoms with Gasteiger partial charge in [-0.3, -0.25) is 4.99 Å². The van der Waals surface area contributed by atoms with Gasteiger partial charge in [-0.2, -0.15) is 0 Å². The van der Waals surface area contributed by atoms with E-state index in [4.69, 9.17) is 15.3 Å². The van der Waals surface area contributed by atoms with Crippen LogP contribution in [0.4, 0.5) is 0 Å². The van der Waals surface area contributed by atoms with E-state index < -0.39 is 6.10 Å².